The second-order valence-electron chi connectivity index (χ2n) is 12.7. The van der Waals surface area contributed by atoms with Gasteiger partial charge in [0.2, 0.25) is 0 Å². The van der Waals surface area contributed by atoms with Gasteiger partial charge in [0.25, 0.3) is 0 Å². The van der Waals surface area contributed by atoms with Crippen LogP contribution in [0.15, 0.2) is 194 Å². The lowest BCUT2D eigenvalue weighted by Crippen LogP contribution is -2.33. The molecule has 0 nitrogen and oxygen atoms in total. The first-order valence-electron chi connectivity index (χ1n) is 16.8. The highest BCUT2D eigenvalue weighted by Crippen LogP contribution is 2.60. The fourth-order valence-corrected chi connectivity index (χ4v) is 16.0. The van der Waals surface area contributed by atoms with Crippen molar-refractivity contribution >= 4 is 46.4 Å². The Kier molecular flexibility index (Phi) is 9.50. The molecule has 2 heteroatoms. The molecule has 0 radical (unpaired) electrons. The molecule has 0 aliphatic carbocycles. The van der Waals surface area contributed by atoms with E-state index in [9.17, 15) is 0 Å². The second kappa shape index (κ2) is 14.3. The van der Waals surface area contributed by atoms with E-state index in [1.807, 2.05) is 0 Å². The van der Waals surface area contributed by atoms with Gasteiger partial charge in [-0.05, 0) is 109 Å². The third-order valence-electron chi connectivity index (χ3n) is 9.79. The monoisotopic (exact) mass is 656 g/mol. The number of benzene rings is 7. The lowest BCUT2D eigenvalue weighted by molar-refractivity contribution is 1.20. The summed E-state index contributed by atoms with van der Waals surface area (Å²) in [7, 11) is -4.03. The van der Waals surface area contributed by atoms with Crippen LogP contribution in [0.3, 0.4) is 0 Å². The van der Waals surface area contributed by atoms with E-state index in [-0.39, 0.29) is 0 Å². The van der Waals surface area contributed by atoms with Gasteiger partial charge in [0.15, 0.2) is 0 Å². The second-order valence-corrected chi connectivity index (χ2v) is 19.6. The Balaban J connectivity index is 1.39. The molecular formula is C46H42P2+2. The Morgan fingerprint density at radius 1 is 0.292 bits per heavy atom. The van der Waals surface area contributed by atoms with E-state index in [1.165, 1.54) is 54.1 Å². The summed E-state index contributed by atoms with van der Waals surface area (Å²) in [5, 5.41) is 8.53. The summed E-state index contributed by atoms with van der Waals surface area (Å²) < 4.78 is 0. The molecule has 0 bridgehead atoms. The van der Waals surface area contributed by atoms with Crippen molar-refractivity contribution in [2.45, 2.75) is 26.2 Å². The molecular weight excluding hydrogens is 614 g/mol. The number of hydrogen-bond donors (Lipinski definition) is 0. The largest absolute Gasteiger partial charge is 0.116 e. The van der Waals surface area contributed by atoms with Crippen molar-refractivity contribution in [3.8, 4) is 0 Å². The zero-order valence-electron chi connectivity index (χ0n) is 27.8. The normalized spacial score (nSPS) is 11.7. The van der Waals surface area contributed by atoms with Crippen LogP contribution in [0.4, 0.5) is 0 Å². The molecule has 0 amide bonds. The summed E-state index contributed by atoms with van der Waals surface area (Å²) in [6.45, 7) is 4.67. The van der Waals surface area contributed by atoms with Crippen molar-refractivity contribution in [3.05, 3.63) is 216 Å². The maximum Gasteiger partial charge on any atom is 0.116 e. The van der Waals surface area contributed by atoms with Gasteiger partial charge < -0.3 is 0 Å². The fraction of sp³-hybridized carbons (Fsp3) is 0.0870. The van der Waals surface area contributed by atoms with Gasteiger partial charge in [0, 0.05) is 0 Å². The molecule has 0 heterocycles. The predicted octanol–water partition coefficient (Wildman–Crippen LogP) is 9.29. The van der Waals surface area contributed by atoms with Gasteiger partial charge in [-0.1, -0.05) is 121 Å². The van der Waals surface area contributed by atoms with Crippen molar-refractivity contribution in [3.63, 3.8) is 0 Å². The molecule has 7 rings (SSSR count). The first kappa shape index (κ1) is 32.0. The van der Waals surface area contributed by atoms with E-state index >= 15 is 0 Å². The van der Waals surface area contributed by atoms with Crippen molar-refractivity contribution < 1.29 is 0 Å². The van der Waals surface area contributed by atoms with Crippen molar-refractivity contribution in [2.24, 2.45) is 0 Å². The zero-order valence-corrected chi connectivity index (χ0v) is 29.6. The molecule has 0 aromatic heterocycles. The first-order valence-corrected chi connectivity index (χ1v) is 20.7. The summed E-state index contributed by atoms with van der Waals surface area (Å²) in [6.07, 6.45) is 1.96. The zero-order chi connectivity index (χ0) is 32.8. The Hall–Kier alpha value is -4.60. The van der Waals surface area contributed by atoms with Crippen LogP contribution in [0, 0.1) is 13.8 Å². The van der Waals surface area contributed by atoms with E-state index in [2.05, 4.69) is 208 Å². The maximum atomic E-state index is 2.52. The van der Waals surface area contributed by atoms with Gasteiger partial charge in [-0.25, -0.2) is 0 Å². The number of rotatable bonds is 10. The third-order valence-corrected chi connectivity index (χ3v) is 18.5. The molecule has 7 aromatic rings. The molecule has 0 saturated heterocycles. The number of hydrogen-bond acceptors (Lipinski definition) is 0. The highest BCUT2D eigenvalue weighted by Gasteiger charge is 2.47. The average Bonchev–Trinajstić information content (AvgIpc) is 3.16. The summed E-state index contributed by atoms with van der Waals surface area (Å²) >= 11 is 0. The van der Waals surface area contributed by atoms with Crippen LogP contribution in [-0.4, -0.2) is 0 Å². The highest BCUT2D eigenvalue weighted by molar-refractivity contribution is 7.95. The lowest BCUT2D eigenvalue weighted by Gasteiger charge is -2.30. The summed E-state index contributed by atoms with van der Waals surface area (Å²) in [6, 6.07) is 72.5. The molecule has 234 valence electrons. The smallest absolute Gasteiger partial charge is 0.0620 e. The van der Waals surface area contributed by atoms with Gasteiger partial charge in [0.05, 0.1) is 12.3 Å². The molecule has 0 fully saturated rings. The minimum atomic E-state index is -2.01. The Morgan fingerprint density at radius 2 is 0.479 bits per heavy atom. The topological polar surface area (TPSA) is 0 Å². The third kappa shape index (κ3) is 6.08. The van der Waals surface area contributed by atoms with Crippen LogP contribution < -0.4 is 31.8 Å². The molecule has 48 heavy (non-hydrogen) atoms. The minimum Gasteiger partial charge on any atom is -0.0620 e. The van der Waals surface area contributed by atoms with Crippen molar-refractivity contribution in [1.29, 1.82) is 0 Å². The Labute approximate surface area is 287 Å². The lowest BCUT2D eigenvalue weighted by atomic mass is 10.0. The van der Waals surface area contributed by atoms with Gasteiger partial charge in [0.1, 0.15) is 46.4 Å². The summed E-state index contributed by atoms with van der Waals surface area (Å²) in [4.78, 5) is 0. The molecule has 0 aliphatic rings. The van der Waals surface area contributed by atoms with E-state index in [0.717, 1.165) is 12.3 Å². The van der Waals surface area contributed by atoms with Crippen LogP contribution in [0.1, 0.15) is 22.3 Å². The fourth-order valence-electron chi connectivity index (χ4n) is 7.32. The molecule has 0 unspecified atom stereocenters. The summed E-state index contributed by atoms with van der Waals surface area (Å²) in [5.74, 6) is 0. The van der Waals surface area contributed by atoms with Gasteiger partial charge in [-0.3, -0.25) is 0 Å². The standard InChI is InChI=1S/C46H42P2/c1-37-33-40(36-48(44-27-15-6-16-28-44,45-29-17-7-18-30-45)46-31-19-8-20-32-46)38(2)34-39(37)35-47(41-21-9-3-10-22-41,42-23-11-4-12-24-42)43-25-13-5-14-26-43/h3-34H,35-36H2,1-2H3/q+2. The van der Waals surface area contributed by atoms with Crippen LogP contribution in [-0.2, 0) is 12.3 Å². The SMILES string of the molecule is Cc1cc(C[P+](c2ccccc2)(c2ccccc2)c2ccccc2)c(C)cc1C[P+](c1ccccc1)(c1ccccc1)c1ccccc1. The molecule has 7 aromatic carbocycles. The van der Waals surface area contributed by atoms with Crippen LogP contribution in [0.2, 0.25) is 0 Å². The molecule has 0 N–H and O–H groups in total. The van der Waals surface area contributed by atoms with Crippen molar-refractivity contribution in [1.82, 2.24) is 0 Å². The van der Waals surface area contributed by atoms with E-state index in [0.29, 0.717) is 0 Å². The van der Waals surface area contributed by atoms with Crippen molar-refractivity contribution in [2.75, 3.05) is 0 Å². The Bertz CT molecular complexity index is 1710. The molecule has 0 atom stereocenters. The average molecular weight is 657 g/mol. The molecule has 0 spiro atoms. The van der Waals surface area contributed by atoms with Gasteiger partial charge in [-0.2, -0.15) is 0 Å². The maximum absolute atomic E-state index is 2.52. The summed E-state index contributed by atoms with van der Waals surface area (Å²) in [5.41, 5.74) is 5.61. The van der Waals surface area contributed by atoms with Crippen LogP contribution in [0.25, 0.3) is 0 Å². The van der Waals surface area contributed by atoms with Gasteiger partial charge >= 0.3 is 0 Å². The van der Waals surface area contributed by atoms with E-state index < -0.39 is 14.5 Å². The quantitative estimate of drug-likeness (QED) is 0.129. The van der Waals surface area contributed by atoms with Crippen LogP contribution >= 0.6 is 14.5 Å². The van der Waals surface area contributed by atoms with E-state index in [4.69, 9.17) is 0 Å². The van der Waals surface area contributed by atoms with Crippen LogP contribution in [0.5, 0.6) is 0 Å². The first-order chi connectivity index (χ1) is 23.6. The molecule has 0 saturated carbocycles. The highest BCUT2D eigenvalue weighted by atomic mass is 31.2. The predicted molar refractivity (Wildman–Crippen MR) is 214 cm³/mol. The Morgan fingerprint density at radius 3 is 0.667 bits per heavy atom. The van der Waals surface area contributed by atoms with E-state index in [1.54, 1.807) is 0 Å². The van der Waals surface area contributed by atoms with Gasteiger partial charge in [-0.15, -0.1) is 0 Å². The molecule has 0 aliphatic heterocycles. The minimum absolute atomic E-state index is 0.980. The number of aryl methyl sites for hydroxylation is 2.